The highest BCUT2D eigenvalue weighted by Gasteiger charge is 2.09. The Morgan fingerprint density at radius 3 is 2.17 bits per heavy atom. The van der Waals surface area contributed by atoms with Crippen molar-refractivity contribution in [2.75, 3.05) is 6.61 Å². The third kappa shape index (κ3) is 2.90. The van der Waals surface area contributed by atoms with E-state index < -0.39 is 6.10 Å². The molecule has 0 bridgehead atoms. The van der Waals surface area contributed by atoms with Gasteiger partial charge in [0, 0.05) is 0 Å². The van der Waals surface area contributed by atoms with Crippen LogP contribution in [0.4, 0.5) is 0 Å². The molecule has 0 amide bonds. The second kappa shape index (κ2) is 5.69. The molecular weight excluding hydrogens is 224 g/mol. The molecule has 0 aliphatic rings. The molecule has 0 fully saturated rings. The first-order valence-electron chi connectivity index (χ1n) is 6.10. The number of benzene rings is 2. The first kappa shape index (κ1) is 12.7. The highest BCUT2D eigenvalue weighted by molar-refractivity contribution is 5.39. The van der Waals surface area contributed by atoms with Crippen LogP contribution in [0.3, 0.4) is 0 Å². The summed E-state index contributed by atoms with van der Waals surface area (Å²) < 4.78 is 5.73. The van der Waals surface area contributed by atoms with Crippen molar-refractivity contribution < 1.29 is 9.84 Å². The highest BCUT2D eigenvalue weighted by atomic mass is 16.5. The van der Waals surface area contributed by atoms with E-state index in [0.717, 1.165) is 22.4 Å². The van der Waals surface area contributed by atoms with Crippen molar-refractivity contribution in [1.82, 2.24) is 0 Å². The summed E-state index contributed by atoms with van der Waals surface area (Å²) in [7, 11) is 0. The molecule has 2 rings (SSSR count). The van der Waals surface area contributed by atoms with Crippen LogP contribution in [-0.2, 0) is 0 Å². The molecule has 2 aromatic carbocycles. The summed E-state index contributed by atoms with van der Waals surface area (Å²) in [5.41, 5.74) is 3.06. The van der Waals surface area contributed by atoms with Crippen molar-refractivity contribution in [3.8, 4) is 5.75 Å². The zero-order chi connectivity index (χ0) is 13.0. The van der Waals surface area contributed by atoms with Gasteiger partial charge in [0.2, 0.25) is 0 Å². The number of hydrogen-bond donors (Lipinski definition) is 1. The van der Waals surface area contributed by atoms with E-state index in [9.17, 15) is 5.11 Å². The van der Waals surface area contributed by atoms with E-state index in [0.29, 0.717) is 0 Å². The second-order valence-corrected chi connectivity index (χ2v) is 4.46. The largest absolute Gasteiger partial charge is 0.490 e. The molecule has 2 aromatic rings. The van der Waals surface area contributed by atoms with E-state index in [4.69, 9.17) is 4.74 Å². The van der Waals surface area contributed by atoms with Gasteiger partial charge < -0.3 is 9.84 Å². The average Bonchev–Trinajstić information content (AvgIpc) is 2.39. The molecule has 18 heavy (non-hydrogen) atoms. The number of para-hydroxylation sites is 1. The summed E-state index contributed by atoms with van der Waals surface area (Å²) in [4.78, 5) is 0. The van der Waals surface area contributed by atoms with Crippen LogP contribution in [0.5, 0.6) is 5.75 Å². The first-order valence-corrected chi connectivity index (χ1v) is 6.10. The predicted molar refractivity (Wildman–Crippen MR) is 72.8 cm³/mol. The van der Waals surface area contributed by atoms with Crippen molar-refractivity contribution in [2.24, 2.45) is 0 Å². The van der Waals surface area contributed by atoms with E-state index >= 15 is 0 Å². The van der Waals surface area contributed by atoms with Crippen molar-refractivity contribution in [2.45, 2.75) is 20.0 Å². The van der Waals surface area contributed by atoms with Gasteiger partial charge in [-0.25, -0.2) is 0 Å². The van der Waals surface area contributed by atoms with Crippen LogP contribution in [0.15, 0.2) is 48.5 Å². The molecule has 0 spiro atoms. The molecule has 94 valence electrons. The van der Waals surface area contributed by atoms with Gasteiger partial charge in [0.25, 0.3) is 0 Å². The molecule has 0 aliphatic heterocycles. The number of rotatable bonds is 4. The van der Waals surface area contributed by atoms with Crippen LogP contribution < -0.4 is 4.74 Å². The SMILES string of the molecule is Cc1cccc(C)c1OC[C@H](O)c1ccccc1. The predicted octanol–water partition coefficient (Wildman–Crippen LogP) is 3.42. The van der Waals surface area contributed by atoms with Gasteiger partial charge in [-0.1, -0.05) is 48.5 Å². The van der Waals surface area contributed by atoms with E-state index in [2.05, 4.69) is 0 Å². The summed E-state index contributed by atoms with van der Waals surface area (Å²) in [6.07, 6.45) is -0.592. The summed E-state index contributed by atoms with van der Waals surface area (Å²) >= 11 is 0. The monoisotopic (exact) mass is 242 g/mol. The molecular formula is C16H18O2. The lowest BCUT2D eigenvalue weighted by Crippen LogP contribution is -2.10. The Hall–Kier alpha value is -1.80. The fourth-order valence-electron chi connectivity index (χ4n) is 1.96. The van der Waals surface area contributed by atoms with Gasteiger partial charge in [0.05, 0.1) is 0 Å². The minimum absolute atomic E-state index is 0.274. The molecule has 0 saturated heterocycles. The maximum atomic E-state index is 10.0. The zero-order valence-corrected chi connectivity index (χ0v) is 10.8. The Morgan fingerprint density at radius 1 is 0.944 bits per heavy atom. The van der Waals surface area contributed by atoms with E-state index in [1.165, 1.54) is 0 Å². The molecule has 0 aromatic heterocycles. The lowest BCUT2D eigenvalue weighted by Gasteiger charge is -2.15. The Labute approximate surface area is 108 Å². The number of aliphatic hydroxyl groups is 1. The molecule has 0 heterocycles. The zero-order valence-electron chi connectivity index (χ0n) is 10.8. The van der Waals surface area contributed by atoms with Gasteiger partial charge in [0.15, 0.2) is 0 Å². The first-order chi connectivity index (χ1) is 8.68. The number of hydrogen-bond acceptors (Lipinski definition) is 2. The number of ether oxygens (including phenoxy) is 1. The van der Waals surface area contributed by atoms with Crippen LogP contribution in [0.25, 0.3) is 0 Å². The Bertz CT molecular complexity index is 486. The lowest BCUT2D eigenvalue weighted by atomic mass is 10.1. The maximum Gasteiger partial charge on any atom is 0.125 e. The summed E-state index contributed by atoms with van der Waals surface area (Å²) in [6.45, 7) is 4.30. The van der Waals surface area contributed by atoms with Gasteiger partial charge in [0.1, 0.15) is 18.5 Å². The smallest absolute Gasteiger partial charge is 0.125 e. The van der Waals surface area contributed by atoms with Gasteiger partial charge >= 0.3 is 0 Å². The number of aliphatic hydroxyl groups excluding tert-OH is 1. The Morgan fingerprint density at radius 2 is 1.56 bits per heavy atom. The van der Waals surface area contributed by atoms with Gasteiger partial charge in [-0.2, -0.15) is 0 Å². The van der Waals surface area contributed by atoms with Gasteiger partial charge in [-0.05, 0) is 30.5 Å². The van der Waals surface area contributed by atoms with E-state index in [-0.39, 0.29) is 6.61 Å². The molecule has 0 aliphatic carbocycles. The topological polar surface area (TPSA) is 29.5 Å². The average molecular weight is 242 g/mol. The number of aryl methyl sites for hydroxylation is 2. The summed E-state index contributed by atoms with van der Waals surface area (Å²) in [5, 5.41) is 10.0. The van der Waals surface area contributed by atoms with E-state index in [1.54, 1.807) is 0 Å². The van der Waals surface area contributed by atoms with Crippen molar-refractivity contribution in [3.05, 3.63) is 65.2 Å². The Balaban J connectivity index is 2.04. The quantitative estimate of drug-likeness (QED) is 0.890. The van der Waals surface area contributed by atoms with Crippen LogP contribution in [-0.4, -0.2) is 11.7 Å². The third-order valence-electron chi connectivity index (χ3n) is 2.98. The fourth-order valence-corrected chi connectivity index (χ4v) is 1.96. The van der Waals surface area contributed by atoms with E-state index in [1.807, 2.05) is 62.4 Å². The third-order valence-corrected chi connectivity index (χ3v) is 2.98. The molecule has 0 unspecified atom stereocenters. The Kier molecular flexibility index (Phi) is 4.00. The lowest BCUT2D eigenvalue weighted by molar-refractivity contribution is 0.107. The molecule has 1 atom stereocenters. The van der Waals surface area contributed by atoms with Gasteiger partial charge in [-0.3, -0.25) is 0 Å². The molecule has 0 radical (unpaired) electrons. The maximum absolute atomic E-state index is 10.0. The molecule has 2 heteroatoms. The van der Waals surface area contributed by atoms with Crippen molar-refractivity contribution >= 4 is 0 Å². The minimum atomic E-state index is -0.592. The normalized spacial score (nSPS) is 12.2. The van der Waals surface area contributed by atoms with Crippen LogP contribution in [0.2, 0.25) is 0 Å². The molecule has 2 nitrogen and oxygen atoms in total. The van der Waals surface area contributed by atoms with Crippen LogP contribution >= 0.6 is 0 Å². The minimum Gasteiger partial charge on any atom is -0.490 e. The standard InChI is InChI=1S/C16H18O2/c1-12-7-6-8-13(2)16(12)18-11-15(17)14-9-4-3-5-10-14/h3-10,15,17H,11H2,1-2H3/t15-/m0/s1. The molecule has 0 saturated carbocycles. The second-order valence-electron chi connectivity index (χ2n) is 4.46. The molecule has 1 N–H and O–H groups in total. The fraction of sp³-hybridized carbons (Fsp3) is 0.250. The highest BCUT2D eigenvalue weighted by Crippen LogP contribution is 2.24. The van der Waals surface area contributed by atoms with Crippen molar-refractivity contribution in [1.29, 1.82) is 0 Å². The summed E-state index contributed by atoms with van der Waals surface area (Å²) in [5.74, 6) is 0.868. The van der Waals surface area contributed by atoms with Crippen LogP contribution in [0.1, 0.15) is 22.8 Å². The van der Waals surface area contributed by atoms with Crippen LogP contribution in [0, 0.1) is 13.8 Å². The van der Waals surface area contributed by atoms with Gasteiger partial charge in [-0.15, -0.1) is 0 Å². The summed E-state index contributed by atoms with van der Waals surface area (Å²) in [6, 6.07) is 15.6. The van der Waals surface area contributed by atoms with Crippen molar-refractivity contribution in [3.63, 3.8) is 0 Å².